The Kier molecular flexibility index (Phi) is 5.46. The molecule has 1 aliphatic rings. The minimum atomic E-state index is -0.792. The fourth-order valence-corrected chi connectivity index (χ4v) is 3.20. The summed E-state index contributed by atoms with van der Waals surface area (Å²) in [5.41, 5.74) is 1.34. The summed E-state index contributed by atoms with van der Waals surface area (Å²) >= 11 is 0. The molecule has 0 heterocycles. The molecule has 0 spiro atoms. The normalized spacial score (nSPS) is 17.1. The van der Waals surface area contributed by atoms with Crippen LogP contribution >= 0.6 is 0 Å². The molecule has 0 aromatic heterocycles. The van der Waals surface area contributed by atoms with Gasteiger partial charge < -0.3 is 14.7 Å². The molecule has 1 saturated carbocycles. The summed E-state index contributed by atoms with van der Waals surface area (Å²) in [4.78, 5) is 14.1. The highest BCUT2D eigenvalue weighted by Gasteiger charge is 2.32. The molecule has 1 aromatic rings. The Morgan fingerprint density at radius 2 is 2.00 bits per heavy atom. The van der Waals surface area contributed by atoms with Crippen LogP contribution in [-0.2, 0) is 11.3 Å². The van der Waals surface area contributed by atoms with Crippen molar-refractivity contribution >= 4 is 5.91 Å². The molecule has 0 unspecified atom stereocenters. The maximum absolute atomic E-state index is 12.4. The summed E-state index contributed by atoms with van der Waals surface area (Å²) < 4.78 is 5.25. The summed E-state index contributed by atoms with van der Waals surface area (Å²) in [5.74, 6) is 0.868. The lowest BCUT2D eigenvalue weighted by Gasteiger charge is -2.33. The molecular weight excluding hydrogens is 278 g/mol. The number of aryl methyl sites for hydroxylation is 1. The Morgan fingerprint density at radius 1 is 1.32 bits per heavy atom. The molecule has 1 fully saturated rings. The molecule has 1 aromatic carbocycles. The molecule has 1 amide bonds. The van der Waals surface area contributed by atoms with Gasteiger partial charge in [-0.25, -0.2) is 0 Å². The van der Waals surface area contributed by atoms with Gasteiger partial charge in [-0.2, -0.15) is 0 Å². The second-order valence-electron chi connectivity index (χ2n) is 6.52. The van der Waals surface area contributed by atoms with Crippen molar-refractivity contribution in [3.63, 3.8) is 0 Å². The molecule has 2 rings (SSSR count). The minimum Gasteiger partial charge on any atom is -0.496 e. The lowest BCUT2D eigenvalue weighted by molar-refractivity contribution is -0.137. The van der Waals surface area contributed by atoms with Crippen molar-refractivity contribution in [2.75, 3.05) is 14.2 Å². The van der Waals surface area contributed by atoms with Crippen LogP contribution in [0.1, 0.15) is 49.7 Å². The van der Waals surface area contributed by atoms with Crippen molar-refractivity contribution in [1.82, 2.24) is 4.90 Å². The maximum atomic E-state index is 12.4. The summed E-state index contributed by atoms with van der Waals surface area (Å²) in [6.45, 7) is 2.55. The zero-order chi connectivity index (χ0) is 16.2. The van der Waals surface area contributed by atoms with E-state index >= 15 is 0 Å². The minimum absolute atomic E-state index is 0.0119. The number of nitrogens with zero attached hydrogens (tertiary/aromatic N) is 1. The van der Waals surface area contributed by atoms with E-state index in [1.54, 1.807) is 19.1 Å². The smallest absolute Gasteiger partial charge is 0.225 e. The van der Waals surface area contributed by atoms with E-state index in [1.165, 1.54) is 0 Å². The van der Waals surface area contributed by atoms with Crippen LogP contribution in [0.5, 0.6) is 5.75 Å². The topological polar surface area (TPSA) is 49.8 Å². The molecule has 0 aliphatic heterocycles. The summed E-state index contributed by atoms with van der Waals surface area (Å²) in [7, 11) is 3.45. The van der Waals surface area contributed by atoms with Gasteiger partial charge in [0, 0.05) is 13.6 Å². The molecule has 1 N–H and O–H groups in total. The molecule has 1 aliphatic carbocycles. The highest BCUT2D eigenvalue weighted by atomic mass is 16.5. The van der Waals surface area contributed by atoms with Crippen LogP contribution < -0.4 is 4.74 Å². The molecule has 4 nitrogen and oxygen atoms in total. The monoisotopic (exact) mass is 305 g/mol. The quantitative estimate of drug-likeness (QED) is 0.909. The molecule has 0 radical (unpaired) electrons. The first-order valence-electron chi connectivity index (χ1n) is 8.03. The van der Waals surface area contributed by atoms with Gasteiger partial charge in [0.05, 0.1) is 19.1 Å². The highest BCUT2D eigenvalue weighted by Crippen LogP contribution is 2.31. The third kappa shape index (κ3) is 4.23. The van der Waals surface area contributed by atoms with Crippen molar-refractivity contribution in [2.45, 2.75) is 57.6 Å². The first kappa shape index (κ1) is 16.8. The van der Waals surface area contributed by atoms with Crippen LogP contribution in [-0.4, -0.2) is 35.7 Å². The zero-order valence-electron chi connectivity index (χ0n) is 13.9. The standard InChI is InChI=1S/C18H27NO3/c1-14-11-15(7-8-16(14)22-3)13-19(2)17(20)12-18(21)9-5-4-6-10-18/h7-8,11,21H,4-6,9-10,12-13H2,1-3H3. The van der Waals surface area contributed by atoms with Crippen LogP contribution in [0.4, 0.5) is 0 Å². The van der Waals surface area contributed by atoms with Gasteiger partial charge in [-0.15, -0.1) is 0 Å². The van der Waals surface area contributed by atoms with Crippen LogP contribution in [0.25, 0.3) is 0 Å². The average molecular weight is 305 g/mol. The number of hydrogen-bond donors (Lipinski definition) is 1. The number of benzene rings is 1. The van der Waals surface area contributed by atoms with Crippen molar-refractivity contribution in [2.24, 2.45) is 0 Å². The number of ether oxygens (including phenoxy) is 1. The van der Waals surface area contributed by atoms with Gasteiger partial charge in [0.25, 0.3) is 0 Å². The Morgan fingerprint density at radius 3 is 2.59 bits per heavy atom. The van der Waals surface area contributed by atoms with Crippen molar-refractivity contribution in [1.29, 1.82) is 0 Å². The fourth-order valence-electron chi connectivity index (χ4n) is 3.20. The lowest BCUT2D eigenvalue weighted by atomic mass is 9.82. The predicted octanol–water partition coefficient (Wildman–Crippen LogP) is 3.05. The van der Waals surface area contributed by atoms with Gasteiger partial charge in [0.15, 0.2) is 0 Å². The van der Waals surface area contributed by atoms with E-state index in [0.717, 1.165) is 49.0 Å². The van der Waals surface area contributed by atoms with Crippen LogP contribution in [0.3, 0.4) is 0 Å². The van der Waals surface area contributed by atoms with Crippen LogP contribution in [0, 0.1) is 6.92 Å². The Balaban J connectivity index is 1.94. The van der Waals surface area contributed by atoms with Gasteiger partial charge in [-0.05, 0) is 37.0 Å². The van der Waals surface area contributed by atoms with E-state index in [4.69, 9.17) is 4.74 Å². The van der Waals surface area contributed by atoms with Gasteiger partial charge in [-0.3, -0.25) is 4.79 Å². The van der Waals surface area contributed by atoms with Crippen molar-refractivity contribution in [3.05, 3.63) is 29.3 Å². The van der Waals surface area contributed by atoms with Gasteiger partial charge in [0.1, 0.15) is 5.75 Å². The van der Waals surface area contributed by atoms with Gasteiger partial charge in [0.2, 0.25) is 5.91 Å². The first-order chi connectivity index (χ1) is 10.4. The SMILES string of the molecule is COc1ccc(CN(C)C(=O)CC2(O)CCCCC2)cc1C. The van der Waals surface area contributed by atoms with Gasteiger partial charge in [-0.1, -0.05) is 31.4 Å². The molecule has 122 valence electrons. The molecule has 0 bridgehead atoms. The molecule has 22 heavy (non-hydrogen) atoms. The summed E-state index contributed by atoms with van der Waals surface area (Å²) in [6.07, 6.45) is 4.93. The van der Waals surface area contributed by atoms with Gasteiger partial charge >= 0.3 is 0 Å². The third-order valence-electron chi connectivity index (χ3n) is 4.57. The van der Waals surface area contributed by atoms with Crippen LogP contribution in [0.15, 0.2) is 18.2 Å². The largest absolute Gasteiger partial charge is 0.496 e. The Hall–Kier alpha value is -1.55. The van der Waals surface area contributed by atoms with Crippen LogP contribution in [0.2, 0.25) is 0 Å². The summed E-state index contributed by atoms with van der Waals surface area (Å²) in [5, 5.41) is 10.5. The van der Waals surface area contributed by atoms with E-state index in [2.05, 4.69) is 0 Å². The number of carbonyl (C=O) groups excluding carboxylic acids is 1. The molecule has 0 atom stereocenters. The van der Waals surface area contributed by atoms with E-state index in [-0.39, 0.29) is 12.3 Å². The Bertz CT molecular complexity index is 521. The average Bonchev–Trinajstić information content (AvgIpc) is 2.47. The molecular formula is C18H27NO3. The fraction of sp³-hybridized carbons (Fsp3) is 0.611. The lowest BCUT2D eigenvalue weighted by Crippen LogP contribution is -2.39. The number of hydrogen-bond acceptors (Lipinski definition) is 3. The second kappa shape index (κ2) is 7.14. The van der Waals surface area contributed by atoms with E-state index in [1.807, 2.05) is 25.1 Å². The van der Waals surface area contributed by atoms with E-state index in [9.17, 15) is 9.90 Å². The summed E-state index contributed by atoms with van der Waals surface area (Å²) in [6, 6.07) is 5.94. The second-order valence-corrected chi connectivity index (χ2v) is 6.52. The number of aliphatic hydroxyl groups is 1. The van der Waals surface area contributed by atoms with E-state index < -0.39 is 5.60 Å². The molecule has 0 saturated heterocycles. The van der Waals surface area contributed by atoms with Crippen molar-refractivity contribution < 1.29 is 14.6 Å². The highest BCUT2D eigenvalue weighted by molar-refractivity contribution is 5.77. The third-order valence-corrected chi connectivity index (χ3v) is 4.57. The molecule has 4 heteroatoms. The zero-order valence-corrected chi connectivity index (χ0v) is 13.9. The Labute approximate surface area is 133 Å². The van der Waals surface area contributed by atoms with E-state index in [0.29, 0.717) is 6.54 Å². The maximum Gasteiger partial charge on any atom is 0.225 e. The first-order valence-corrected chi connectivity index (χ1v) is 8.03. The van der Waals surface area contributed by atoms with Crippen molar-refractivity contribution in [3.8, 4) is 5.75 Å². The number of carbonyl (C=O) groups is 1. The predicted molar refractivity (Wildman–Crippen MR) is 86.9 cm³/mol. The number of amides is 1. The number of methoxy groups -OCH3 is 1. The number of rotatable bonds is 5.